The smallest absolute Gasteiger partial charge is 0.363 e. The number of rotatable bonds is 2. The Hall–Kier alpha value is -1.14. The van der Waals surface area contributed by atoms with Gasteiger partial charge in [0.05, 0.1) is 5.56 Å². The number of hydrogen-bond acceptors (Lipinski definition) is 2. The van der Waals surface area contributed by atoms with Crippen LogP contribution in [0.15, 0.2) is 18.2 Å². The molecule has 1 N–H and O–H groups in total. The first-order valence-electron chi connectivity index (χ1n) is 7.05. The molecule has 3 unspecified atom stereocenters. The largest absolute Gasteiger partial charge is 0.419 e. The third-order valence-corrected chi connectivity index (χ3v) is 4.74. The van der Waals surface area contributed by atoms with E-state index in [1.165, 1.54) is 6.07 Å². The minimum atomic E-state index is -4.66. The fourth-order valence-electron chi connectivity index (χ4n) is 3.69. The number of piperidine rings is 1. The first-order valence-corrected chi connectivity index (χ1v) is 7.05. The van der Waals surface area contributed by atoms with E-state index in [2.05, 4.69) is 5.32 Å². The van der Waals surface area contributed by atoms with E-state index in [1.807, 2.05) is 0 Å². The molecule has 0 radical (unpaired) electrons. The topological polar surface area (TPSA) is 21.3 Å². The quantitative estimate of drug-likeness (QED) is 0.839. The molecule has 0 amide bonds. The van der Waals surface area contributed by atoms with Gasteiger partial charge >= 0.3 is 6.18 Å². The van der Waals surface area contributed by atoms with Crippen LogP contribution in [-0.2, 0) is 10.9 Å². The van der Waals surface area contributed by atoms with Crippen LogP contribution in [0.25, 0.3) is 0 Å². The molecule has 116 valence electrons. The minimum Gasteiger partial charge on any atom is -0.363 e. The maximum atomic E-state index is 13.8. The number of benzene rings is 1. The van der Waals surface area contributed by atoms with Crippen LogP contribution in [-0.4, -0.2) is 18.9 Å². The lowest BCUT2D eigenvalue weighted by Gasteiger charge is -2.41. The van der Waals surface area contributed by atoms with Gasteiger partial charge in [0, 0.05) is 19.1 Å². The predicted molar refractivity (Wildman–Crippen MR) is 69.3 cm³/mol. The zero-order valence-electron chi connectivity index (χ0n) is 11.6. The maximum Gasteiger partial charge on any atom is 0.419 e. The van der Waals surface area contributed by atoms with E-state index in [-0.39, 0.29) is 5.92 Å². The van der Waals surface area contributed by atoms with Gasteiger partial charge in [-0.1, -0.05) is 6.07 Å². The molecule has 1 aromatic carbocycles. The van der Waals surface area contributed by atoms with Gasteiger partial charge in [-0.15, -0.1) is 0 Å². The SMILES string of the molecule is COC12CCC(CCC1c1ccc(C(F)(F)F)c(F)c1)N2. The molecular formula is C15H17F4NO. The zero-order valence-corrected chi connectivity index (χ0v) is 11.6. The molecule has 2 heterocycles. The molecule has 0 aromatic heterocycles. The van der Waals surface area contributed by atoms with Crippen molar-refractivity contribution in [3.05, 3.63) is 35.1 Å². The van der Waals surface area contributed by atoms with Gasteiger partial charge in [-0.05, 0) is 43.4 Å². The molecule has 0 saturated carbocycles. The second-order valence-corrected chi connectivity index (χ2v) is 5.84. The maximum absolute atomic E-state index is 13.8. The van der Waals surface area contributed by atoms with E-state index in [0.29, 0.717) is 11.6 Å². The van der Waals surface area contributed by atoms with Crippen LogP contribution >= 0.6 is 0 Å². The van der Waals surface area contributed by atoms with E-state index < -0.39 is 23.3 Å². The normalized spacial score (nSPS) is 32.4. The first kappa shape index (κ1) is 14.8. The summed E-state index contributed by atoms with van der Waals surface area (Å²) < 4.78 is 57.3. The lowest BCUT2D eigenvalue weighted by atomic mass is 9.82. The van der Waals surface area contributed by atoms with Crippen molar-refractivity contribution in [1.82, 2.24) is 5.32 Å². The molecular weight excluding hydrogens is 286 g/mol. The number of fused-ring (bicyclic) bond motifs is 2. The molecule has 6 heteroatoms. The van der Waals surface area contributed by atoms with E-state index in [9.17, 15) is 17.6 Å². The van der Waals surface area contributed by atoms with Gasteiger partial charge in [0.1, 0.15) is 11.5 Å². The van der Waals surface area contributed by atoms with Crippen molar-refractivity contribution in [2.45, 2.75) is 49.5 Å². The molecule has 2 bridgehead atoms. The molecule has 2 fully saturated rings. The van der Waals surface area contributed by atoms with Crippen LogP contribution in [0.5, 0.6) is 0 Å². The summed E-state index contributed by atoms with van der Waals surface area (Å²) in [5, 5.41) is 3.40. The van der Waals surface area contributed by atoms with Gasteiger partial charge in [0.15, 0.2) is 0 Å². The van der Waals surface area contributed by atoms with Gasteiger partial charge in [0.2, 0.25) is 0 Å². The van der Waals surface area contributed by atoms with Gasteiger partial charge in [-0.2, -0.15) is 13.2 Å². The minimum absolute atomic E-state index is 0.127. The van der Waals surface area contributed by atoms with Gasteiger partial charge < -0.3 is 4.74 Å². The lowest BCUT2D eigenvalue weighted by molar-refractivity contribution is -0.140. The molecule has 1 aromatic rings. The summed E-state index contributed by atoms with van der Waals surface area (Å²) in [7, 11) is 1.59. The predicted octanol–water partition coefficient (Wildman–Crippen LogP) is 3.82. The lowest BCUT2D eigenvalue weighted by Crippen LogP contribution is -2.52. The summed E-state index contributed by atoms with van der Waals surface area (Å²) in [5.41, 5.74) is -1.23. The fourth-order valence-corrected chi connectivity index (χ4v) is 3.69. The zero-order chi connectivity index (χ0) is 15.3. The Balaban J connectivity index is 1.95. The third kappa shape index (κ3) is 2.44. The van der Waals surface area contributed by atoms with Gasteiger partial charge in [0.25, 0.3) is 0 Å². The summed E-state index contributed by atoms with van der Waals surface area (Å²) in [6, 6.07) is 3.60. The Morgan fingerprint density at radius 1 is 1.24 bits per heavy atom. The molecule has 21 heavy (non-hydrogen) atoms. The number of ether oxygens (including phenoxy) is 1. The van der Waals surface area contributed by atoms with E-state index in [1.54, 1.807) is 7.11 Å². The van der Waals surface area contributed by atoms with Crippen LogP contribution in [0, 0.1) is 5.82 Å². The van der Waals surface area contributed by atoms with Crippen molar-refractivity contribution in [1.29, 1.82) is 0 Å². The summed E-state index contributed by atoms with van der Waals surface area (Å²) >= 11 is 0. The van der Waals surface area contributed by atoms with Crippen LogP contribution in [0.4, 0.5) is 17.6 Å². The molecule has 2 aliphatic rings. The number of halogens is 4. The summed E-state index contributed by atoms with van der Waals surface area (Å²) in [6.45, 7) is 0. The number of alkyl halides is 3. The monoisotopic (exact) mass is 303 g/mol. The highest BCUT2D eigenvalue weighted by Crippen LogP contribution is 2.46. The average molecular weight is 303 g/mol. The highest BCUT2D eigenvalue weighted by molar-refractivity contribution is 5.31. The van der Waals surface area contributed by atoms with Crippen molar-refractivity contribution >= 4 is 0 Å². The Morgan fingerprint density at radius 3 is 2.62 bits per heavy atom. The molecule has 0 aliphatic carbocycles. The third-order valence-electron chi connectivity index (χ3n) is 4.74. The Morgan fingerprint density at radius 2 is 2.00 bits per heavy atom. The Bertz CT molecular complexity index is 545. The van der Waals surface area contributed by atoms with Crippen molar-refractivity contribution in [3.8, 4) is 0 Å². The van der Waals surface area contributed by atoms with Crippen molar-refractivity contribution < 1.29 is 22.3 Å². The van der Waals surface area contributed by atoms with E-state index in [4.69, 9.17) is 4.74 Å². The number of nitrogens with one attached hydrogen (secondary N) is 1. The second-order valence-electron chi connectivity index (χ2n) is 5.84. The highest BCUT2D eigenvalue weighted by Gasteiger charge is 2.49. The van der Waals surface area contributed by atoms with Crippen molar-refractivity contribution in [3.63, 3.8) is 0 Å². The van der Waals surface area contributed by atoms with E-state index in [0.717, 1.165) is 37.8 Å². The fraction of sp³-hybridized carbons (Fsp3) is 0.600. The Kier molecular flexibility index (Phi) is 3.48. The van der Waals surface area contributed by atoms with Crippen LogP contribution in [0.1, 0.15) is 42.7 Å². The number of methoxy groups -OCH3 is 1. The summed E-state index contributed by atoms with van der Waals surface area (Å²) in [6.07, 6.45) is -1.17. The summed E-state index contributed by atoms with van der Waals surface area (Å²) in [4.78, 5) is 0. The first-order chi connectivity index (χ1) is 9.86. The summed E-state index contributed by atoms with van der Waals surface area (Å²) in [5.74, 6) is -1.34. The molecule has 2 aliphatic heterocycles. The highest BCUT2D eigenvalue weighted by atomic mass is 19.4. The second kappa shape index (κ2) is 4.95. The van der Waals surface area contributed by atoms with Gasteiger partial charge in [-0.25, -0.2) is 4.39 Å². The van der Waals surface area contributed by atoms with Crippen LogP contribution in [0.3, 0.4) is 0 Å². The molecule has 2 nitrogen and oxygen atoms in total. The molecule has 3 rings (SSSR count). The van der Waals surface area contributed by atoms with Crippen molar-refractivity contribution in [2.24, 2.45) is 0 Å². The molecule has 2 saturated heterocycles. The molecule has 3 atom stereocenters. The van der Waals surface area contributed by atoms with Crippen LogP contribution in [0.2, 0.25) is 0 Å². The molecule has 0 spiro atoms. The van der Waals surface area contributed by atoms with E-state index >= 15 is 0 Å². The van der Waals surface area contributed by atoms with Crippen LogP contribution < -0.4 is 5.32 Å². The average Bonchev–Trinajstić information content (AvgIpc) is 2.75. The number of hydrogen-bond donors (Lipinski definition) is 1. The standard InChI is InChI=1S/C15H17F4NO/c1-21-14-7-6-10(20-14)3-5-11(14)9-2-4-12(13(16)8-9)15(17,18)19/h2,4,8,10-11,20H,3,5-7H2,1H3. The van der Waals surface area contributed by atoms with Gasteiger partial charge in [-0.3, -0.25) is 5.32 Å². The van der Waals surface area contributed by atoms with Crippen molar-refractivity contribution in [2.75, 3.05) is 7.11 Å². The Labute approximate surface area is 120 Å².